The fourth-order valence-corrected chi connectivity index (χ4v) is 3.62. The van der Waals surface area contributed by atoms with E-state index < -0.39 is 6.11 Å². The third-order valence-corrected chi connectivity index (χ3v) is 6.96. The van der Waals surface area contributed by atoms with Gasteiger partial charge >= 0.3 is 75.1 Å². The second-order valence-electron chi connectivity index (χ2n) is 2.85. The van der Waals surface area contributed by atoms with Crippen molar-refractivity contribution >= 4 is 21.2 Å². The van der Waals surface area contributed by atoms with E-state index in [9.17, 15) is 0 Å². The van der Waals surface area contributed by atoms with Gasteiger partial charge in [0.15, 0.2) is 0 Å². The SMILES string of the molecule is C[C@H]1CCO[P@](=[Se])(N(C)C)O1. The van der Waals surface area contributed by atoms with Crippen LogP contribution in [-0.2, 0) is 9.05 Å². The third kappa shape index (κ3) is 2.38. The van der Waals surface area contributed by atoms with Gasteiger partial charge in [0.2, 0.25) is 0 Å². The van der Waals surface area contributed by atoms with Crippen molar-refractivity contribution < 1.29 is 9.05 Å². The summed E-state index contributed by atoms with van der Waals surface area (Å²) in [6.45, 7) is 2.89. The maximum atomic E-state index is 5.69. The van der Waals surface area contributed by atoms with Crippen molar-refractivity contribution in [1.82, 2.24) is 4.67 Å². The van der Waals surface area contributed by atoms with Crippen molar-refractivity contribution in [2.24, 2.45) is 0 Å². The molecule has 1 heterocycles. The molecular weight excluding hydrogens is 228 g/mol. The monoisotopic (exact) mass is 243 g/mol. The number of rotatable bonds is 1. The van der Waals surface area contributed by atoms with E-state index in [1.54, 1.807) is 0 Å². The number of hydrogen-bond donors (Lipinski definition) is 0. The van der Waals surface area contributed by atoms with Crippen LogP contribution in [0.5, 0.6) is 0 Å². The Balaban J connectivity index is 2.63. The van der Waals surface area contributed by atoms with Crippen LogP contribution in [0.4, 0.5) is 0 Å². The molecule has 2 atom stereocenters. The molecule has 1 aliphatic heterocycles. The Morgan fingerprint density at radius 2 is 2.18 bits per heavy atom. The molecule has 0 aromatic carbocycles. The van der Waals surface area contributed by atoms with Gasteiger partial charge in [-0.1, -0.05) is 0 Å². The van der Waals surface area contributed by atoms with Gasteiger partial charge in [-0.15, -0.1) is 0 Å². The van der Waals surface area contributed by atoms with Gasteiger partial charge in [-0.25, -0.2) is 0 Å². The average molecular weight is 242 g/mol. The van der Waals surface area contributed by atoms with Gasteiger partial charge in [0, 0.05) is 0 Å². The Hall–Kier alpha value is 0.829. The van der Waals surface area contributed by atoms with Crippen molar-refractivity contribution in [1.29, 1.82) is 0 Å². The molecule has 3 nitrogen and oxygen atoms in total. The molecule has 0 unspecified atom stereocenters. The van der Waals surface area contributed by atoms with E-state index in [0.717, 1.165) is 13.0 Å². The summed E-state index contributed by atoms with van der Waals surface area (Å²) in [5.74, 6) is 0. The van der Waals surface area contributed by atoms with E-state index in [1.807, 2.05) is 18.8 Å². The predicted molar refractivity (Wildman–Crippen MR) is 47.5 cm³/mol. The minimum atomic E-state index is -1.78. The number of nitrogens with zero attached hydrogens (tertiary/aromatic N) is 1. The standard InChI is InChI=1S/C6H14NO2PSe/c1-6-4-5-8-10(11,9-6)7(2)3/h6H,4-5H2,1-3H3/t6-,10+/m0/s1. The van der Waals surface area contributed by atoms with Crippen molar-refractivity contribution in [2.75, 3.05) is 20.7 Å². The molecule has 1 aliphatic rings. The molecule has 11 heavy (non-hydrogen) atoms. The predicted octanol–water partition coefficient (Wildman–Crippen LogP) is 1.22. The van der Waals surface area contributed by atoms with Gasteiger partial charge in [-0.2, -0.15) is 0 Å². The van der Waals surface area contributed by atoms with Crippen molar-refractivity contribution in [3.8, 4) is 0 Å². The van der Waals surface area contributed by atoms with Crippen LogP contribution < -0.4 is 0 Å². The van der Waals surface area contributed by atoms with Crippen molar-refractivity contribution in [2.45, 2.75) is 19.4 Å². The molecule has 0 saturated carbocycles. The Kier molecular flexibility index (Phi) is 3.33. The van der Waals surface area contributed by atoms with Gasteiger partial charge in [0.25, 0.3) is 0 Å². The van der Waals surface area contributed by atoms with Crippen LogP contribution in [0.2, 0.25) is 0 Å². The van der Waals surface area contributed by atoms with Crippen LogP contribution in [0, 0.1) is 0 Å². The molecule has 0 aliphatic carbocycles. The van der Waals surface area contributed by atoms with E-state index in [-0.39, 0.29) is 0 Å². The van der Waals surface area contributed by atoms with Gasteiger partial charge in [0.1, 0.15) is 0 Å². The Morgan fingerprint density at radius 3 is 2.55 bits per heavy atom. The summed E-state index contributed by atoms with van der Waals surface area (Å²) in [6, 6.07) is 0. The quantitative estimate of drug-likeness (QED) is 0.509. The van der Waals surface area contributed by atoms with Crippen molar-refractivity contribution in [3.05, 3.63) is 0 Å². The molecule has 0 amide bonds. The zero-order chi connectivity index (χ0) is 8.48. The molecule has 66 valence electrons. The van der Waals surface area contributed by atoms with Crippen LogP contribution >= 0.6 is 6.11 Å². The number of hydrogen-bond acceptors (Lipinski definition) is 3. The van der Waals surface area contributed by atoms with Crippen LogP contribution in [-0.4, -0.2) is 46.6 Å². The molecule has 0 bridgehead atoms. The van der Waals surface area contributed by atoms with Crippen LogP contribution in [0.3, 0.4) is 0 Å². The normalized spacial score (nSPS) is 39.5. The molecule has 0 N–H and O–H groups in total. The molecule has 0 aromatic heterocycles. The van der Waals surface area contributed by atoms with Crippen LogP contribution in [0.1, 0.15) is 13.3 Å². The van der Waals surface area contributed by atoms with Crippen LogP contribution in [0.25, 0.3) is 0 Å². The van der Waals surface area contributed by atoms with Crippen molar-refractivity contribution in [3.63, 3.8) is 0 Å². The van der Waals surface area contributed by atoms with Gasteiger partial charge in [-0.3, -0.25) is 0 Å². The first kappa shape index (κ1) is 9.91. The molecule has 0 radical (unpaired) electrons. The fraction of sp³-hybridized carbons (Fsp3) is 1.00. The third-order valence-electron chi connectivity index (χ3n) is 1.58. The first-order valence-electron chi connectivity index (χ1n) is 3.65. The molecule has 0 aromatic rings. The fourth-order valence-electron chi connectivity index (χ4n) is 0.854. The van der Waals surface area contributed by atoms with E-state index in [4.69, 9.17) is 9.05 Å². The summed E-state index contributed by atoms with van der Waals surface area (Å²) in [5, 5.41) is 0. The Bertz CT molecular complexity index is 185. The van der Waals surface area contributed by atoms with E-state index in [0.29, 0.717) is 6.10 Å². The molecule has 5 heteroatoms. The Morgan fingerprint density at radius 1 is 1.55 bits per heavy atom. The summed E-state index contributed by atoms with van der Waals surface area (Å²) < 4.78 is 13.3. The topological polar surface area (TPSA) is 21.7 Å². The van der Waals surface area contributed by atoms with Crippen LogP contribution in [0.15, 0.2) is 0 Å². The molecule has 1 rings (SSSR count). The van der Waals surface area contributed by atoms with E-state index >= 15 is 0 Å². The summed E-state index contributed by atoms with van der Waals surface area (Å²) in [7, 11) is 3.95. The first-order valence-corrected chi connectivity index (χ1v) is 7.45. The average Bonchev–Trinajstić information content (AvgIpc) is 1.86. The van der Waals surface area contributed by atoms with Gasteiger partial charge in [-0.05, 0) is 0 Å². The maximum absolute atomic E-state index is 5.69. The van der Waals surface area contributed by atoms with Gasteiger partial charge < -0.3 is 0 Å². The molecule has 0 spiro atoms. The summed E-state index contributed by atoms with van der Waals surface area (Å²) in [6.07, 6.45) is -0.466. The summed E-state index contributed by atoms with van der Waals surface area (Å²) >= 11 is 3.01. The molecular formula is C6H14NO2PSe. The summed E-state index contributed by atoms with van der Waals surface area (Å²) in [5.41, 5.74) is 0. The Labute approximate surface area is 75.5 Å². The minimum absolute atomic E-state index is 0.320. The zero-order valence-electron chi connectivity index (χ0n) is 7.11. The first-order chi connectivity index (χ1) is 5.04. The second-order valence-corrected chi connectivity index (χ2v) is 7.96. The zero-order valence-corrected chi connectivity index (χ0v) is 9.72. The van der Waals surface area contributed by atoms with E-state index in [1.165, 1.54) is 0 Å². The molecule has 1 fully saturated rings. The van der Waals surface area contributed by atoms with E-state index in [2.05, 4.69) is 22.0 Å². The second kappa shape index (κ2) is 3.69. The van der Waals surface area contributed by atoms with Gasteiger partial charge in [0.05, 0.1) is 0 Å². The summed E-state index contributed by atoms with van der Waals surface area (Å²) in [4.78, 5) is 0. The molecule has 1 saturated heterocycles.